The molecule has 35 heavy (non-hydrogen) atoms. The quantitative estimate of drug-likeness (QED) is 0.527. The van der Waals surface area contributed by atoms with Gasteiger partial charge in [-0.25, -0.2) is 0 Å². The van der Waals surface area contributed by atoms with Crippen molar-refractivity contribution in [1.82, 2.24) is 15.2 Å². The second-order valence-electron chi connectivity index (χ2n) is 9.45. The predicted octanol–water partition coefficient (Wildman–Crippen LogP) is 3.64. The highest BCUT2D eigenvalue weighted by Gasteiger charge is 2.35. The Balaban J connectivity index is 1.41. The number of benzene rings is 2. The number of fused-ring (bicyclic) bond motifs is 1. The van der Waals surface area contributed by atoms with E-state index in [4.69, 9.17) is 0 Å². The average Bonchev–Trinajstić information content (AvgIpc) is 3.18. The van der Waals surface area contributed by atoms with E-state index in [0.717, 1.165) is 25.5 Å². The van der Waals surface area contributed by atoms with Gasteiger partial charge in [-0.1, -0.05) is 30.3 Å². The van der Waals surface area contributed by atoms with Gasteiger partial charge in [0.1, 0.15) is 0 Å². The molecule has 1 unspecified atom stereocenters. The number of nitrogens with one attached hydrogen (secondary N) is 2. The number of alkyl halides is 3. The largest absolute Gasteiger partial charge is 0.417 e. The normalized spacial score (nSPS) is 23.5. The van der Waals surface area contributed by atoms with E-state index in [1.807, 2.05) is 0 Å². The molecule has 1 amide bonds. The molecule has 3 N–H and O–H groups in total. The zero-order chi connectivity index (χ0) is 24.7. The number of aromatic amines is 1. The van der Waals surface area contributed by atoms with E-state index in [9.17, 15) is 27.9 Å². The molecule has 2 aliphatic heterocycles. The minimum Gasteiger partial charge on any atom is -0.392 e. The molecule has 2 aliphatic rings. The first-order valence-corrected chi connectivity index (χ1v) is 11.7. The summed E-state index contributed by atoms with van der Waals surface area (Å²) in [7, 11) is 0. The lowest BCUT2D eigenvalue weighted by atomic mass is 9.93. The van der Waals surface area contributed by atoms with Crippen molar-refractivity contribution >= 4 is 16.7 Å². The molecule has 2 saturated heterocycles. The van der Waals surface area contributed by atoms with Crippen molar-refractivity contribution in [3.05, 3.63) is 70.0 Å². The summed E-state index contributed by atoms with van der Waals surface area (Å²) in [5, 5.41) is 13.7. The number of likely N-dealkylation sites (tertiary alicyclic amines) is 1. The maximum atomic E-state index is 13.5. The van der Waals surface area contributed by atoms with Crippen LogP contribution in [-0.2, 0) is 11.0 Å². The summed E-state index contributed by atoms with van der Waals surface area (Å²) < 4.78 is 40.4. The summed E-state index contributed by atoms with van der Waals surface area (Å²) >= 11 is 0. The van der Waals surface area contributed by atoms with Crippen LogP contribution < -0.4 is 10.9 Å². The lowest BCUT2D eigenvalue weighted by Gasteiger charge is -2.31. The lowest BCUT2D eigenvalue weighted by Crippen LogP contribution is -2.45. The lowest BCUT2D eigenvalue weighted by molar-refractivity contribution is -0.137. The predicted molar refractivity (Wildman–Crippen MR) is 126 cm³/mol. The zero-order valence-electron chi connectivity index (χ0n) is 18.9. The summed E-state index contributed by atoms with van der Waals surface area (Å²) in [5.74, 6) is -0.525. The van der Waals surface area contributed by atoms with Crippen LogP contribution in [0.5, 0.6) is 0 Å². The van der Waals surface area contributed by atoms with Crippen molar-refractivity contribution in [2.24, 2.45) is 0 Å². The van der Waals surface area contributed by atoms with Gasteiger partial charge in [-0.15, -0.1) is 0 Å². The monoisotopic (exact) mass is 485 g/mol. The number of hydrogen-bond donors (Lipinski definition) is 3. The van der Waals surface area contributed by atoms with E-state index in [1.54, 1.807) is 18.2 Å². The minimum absolute atomic E-state index is 0.0481. The maximum absolute atomic E-state index is 13.5. The van der Waals surface area contributed by atoms with Crippen LogP contribution >= 0.6 is 0 Å². The maximum Gasteiger partial charge on any atom is 0.417 e. The molecule has 3 aromatic rings. The van der Waals surface area contributed by atoms with Crippen molar-refractivity contribution in [3.63, 3.8) is 0 Å². The Morgan fingerprint density at radius 1 is 1.09 bits per heavy atom. The number of halogens is 3. The topological polar surface area (TPSA) is 85.4 Å². The summed E-state index contributed by atoms with van der Waals surface area (Å²) in [5.41, 5.74) is -0.630. The number of carbonyl (C=O) groups excluding carboxylic acids is 1. The molecule has 5 rings (SSSR count). The SMILES string of the molecule is O=C1NC(CN2CCC[C@@H](O)C2)C[C@H]1c1ccc2cc(-c3ccccc3C(F)(F)F)[nH]c(=O)c2c1. The van der Waals surface area contributed by atoms with Gasteiger partial charge in [0.05, 0.1) is 17.6 Å². The van der Waals surface area contributed by atoms with Gasteiger partial charge in [-0.3, -0.25) is 14.5 Å². The van der Waals surface area contributed by atoms with Crippen LogP contribution in [0.25, 0.3) is 22.0 Å². The number of amides is 1. The highest BCUT2D eigenvalue weighted by Crippen LogP contribution is 2.37. The first kappa shape index (κ1) is 23.6. The fourth-order valence-electron chi connectivity index (χ4n) is 5.27. The number of piperidine rings is 1. The molecule has 1 aromatic heterocycles. The van der Waals surface area contributed by atoms with Crippen molar-refractivity contribution < 1.29 is 23.1 Å². The van der Waals surface area contributed by atoms with E-state index >= 15 is 0 Å². The summed E-state index contributed by atoms with van der Waals surface area (Å²) in [6, 6.07) is 11.7. The summed E-state index contributed by atoms with van der Waals surface area (Å²) in [6.45, 7) is 2.15. The Hall–Kier alpha value is -3.17. The number of pyridine rings is 1. The minimum atomic E-state index is -4.55. The molecule has 2 fully saturated rings. The number of H-pyrrole nitrogens is 1. The van der Waals surface area contributed by atoms with Crippen LogP contribution in [0.1, 0.15) is 36.3 Å². The molecule has 0 bridgehead atoms. The van der Waals surface area contributed by atoms with Gasteiger partial charge in [0.2, 0.25) is 5.91 Å². The number of β-amino-alcohol motifs (C(OH)–C–C–N with tert-alkyl or cyclic N) is 1. The van der Waals surface area contributed by atoms with Gasteiger partial charge in [0, 0.05) is 35.8 Å². The molecule has 3 heterocycles. The van der Waals surface area contributed by atoms with Gasteiger partial charge >= 0.3 is 6.18 Å². The van der Waals surface area contributed by atoms with E-state index in [2.05, 4.69) is 15.2 Å². The van der Waals surface area contributed by atoms with Crippen molar-refractivity contribution in [3.8, 4) is 11.3 Å². The highest BCUT2D eigenvalue weighted by atomic mass is 19.4. The van der Waals surface area contributed by atoms with E-state index in [0.29, 0.717) is 35.8 Å². The molecule has 6 nitrogen and oxygen atoms in total. The Morgan fingerprint density at radius 3 is 2.66 bits per heavy atom. The average molecular weight is 486 g/mol. The fourth-order valence-corrected chi connectivity index (χ4v) is 5.27. The van der Waals surface area contributed by atoms with Crippen molar-refractivity contribution in [2.75, 3.05) is 19.6 Å². The number of aromatic nitrogens is 1. The van der Waals surface area contributed by atoms with Crippen molar-refractivity contribution in [2.45, 2.75) is 43.5 Å². The Kier molecular flexibility index (Phi) is 6.14. The molecular weight excluding hydrogens is 459 g/mol. The molecule has 0 radical (unpaired) electrons. The van der Waals surface area contributed by atoms with Gasteiger partial charge in [-0.2, -0.15) is 13.2 Å². The second-order valence-corrected chi connectivity index (χ2v) is 9.45. The number of aliphatic hydroxyl groups excluding tert-OH is 1. The van der Waals surface area contributed by atoms with Gasteiger partial charge in [0.25, 0.3) is 5.56 Å². The molecule has 2 aromatic carbocycles. The molecule has 0 spiro atoms. The fraction of sp³-hybridized carbons (Fsp3) is 0.385. The molecule has 184 valence electrons. The standard InChI is InChI=1S/C26H26F3N3O3/c27-26(28,29)22-6-2-1-5-19(22)23-11-16-8-7-15(10-20(16)25(35)31-23)21-12-17(30-24(21)34)13-32-9-3-4-18(33)14-32/h1-2,5-8,10-11,17-18,21,33H,3-4,9,12-14H2,(H,30,34)(H,31,35)/t17?,18-,21+/m1/s1. The van der Waals surface area contributed by atoms with Crippen LogP contribution in [0, 0.1) is 0 Å². The highest BCUT2D eigenvalue weighted by molar-refractivity contribution is 5.90. The van der Waals surface area contributed by atoms with Crippen LogP contribution in [0.4, 0.5) is 13.2 Å². The van der Waals surface area contributed by atoms with Crippen LogP contribution in [0.15, 0.2) is 53.3 Å². The van der Waals surface area contributed by atoms with Gasteiger partial charge < -0.3 is 15.4 Å². The Morgan fingerprint density at radius 2 is 1.89 bits per heavy atom. The van der Waals surface area contributed by atoms with E-state index < -0.39 is 23.2 Å². The summed E-state index contributed by atoms with van der Waals surface area (Å²) in [6.07, 6.45) is -2.59. The van der Waals surface area contributed by atoms with Crippen LogP contribution in [0.2, 0.25) is 0 Å². The second kappa shape index (κ2) is 9.13. The number of aliphatic hydroxyl groups is 1. The molecule has 0 aliphatic carbocycles. The van der Waals surface area contributed by atoms with Crippen molar-refractivity contribution in [1.29, 1.82) is 0 Å². The first-order valence-electron chi connectivity index (χ1n) is 11.7. The zero-order valence-corrected chi connectivity index (χ0v) is 18.9. The first-order chi connectivity index (χ1) is 16.7. The smallest absolute Gasteiger partial charge is 0.392 e. The van der Waals surface area contributed by atoms with E-state index in [1.165, 1.54) is 24.3 Å². The molecule has 0 saturated carbocycles. The Labute approximate surface area is 199 Å². The third-order valence-electron chi connectivity index (χ3n) is 6.94. The van der Waals surface area contributed by atoms with Crippen LogP contribution in [0.3, 0.4) is 0 Å². The number of nitrogens with zero attached hydrogens (tertiary/aromatic N) is 1. The third-order valence-corrected chi connectivity index (χ3v) is 6.94. The van der Waals surface area contributed by atoms with Gasteiger partial charge in [-0.05, 0) is 55.0 Å². The van der Waals surface area contributed by atoms with E-state index in [-0.39, 0.29) is 29.3 Å². The Bertz CT molecular complexity index is 1320. The van der Waals surface area contributed by atoms with Crippen LogP contribution in [-0.4, -0.2) is 52.7 Å². The molecule has 9 heteroatoms. The number of rotatable bonds is 4. The number of hydrogen-bond acceptors (Lipinski definition) is 4. The third kappa shape index (κ3) is 4.83. The molecule has 3 atom stereocenters. The van der Waals surface area contributed by atoms with Gasteiger partial charge in [0.15, 0.2) is 0 Å². The number of carbonyl (C=O) groups is 1. The summed E-state index contributed by atoms with van der Waals surface area (Å²) in [4.78, 5) is 30.3. The molecular formula is C26H26F3N3O3.